The molecule has 0 N–H and O–H groups in total. The second-order valence-corrected chi connectivity index (χ2v) is 1.71. The van der Waals surface area contributed by atoms with Crippen molar-refractivity contribution < 1.29 is 4.79 Å². The van der Waals surface area contributed by atoms with E-state index in [1.807, 2.05) is 13.0 Å². The predicted molar refractivity (Wildman–Crippen MR) is 35.2 cm³/mol. The van der Waals surface area contributed by atoms with Gasteiger partial charge in [0.2, 0.25) is 0 Å². The third kappa shape index (κ3) is 3.88. The zero-order valence-electron chi connectivity index (χ0n) is 4.86. The smallest absolute Gasteiger partial charge is 0.151 e. The van der Waals surface area contributed by atoms with Crippen molar-refractivity contribution in [2.75, 3.05) is 5.88 Å². The molecule has 0 heterocycles. The van der Waals surface area contributed by atoms with E-state index in [1.165, 1.54) is 0 Å². The Bertz CT molecular complexity index is 96.7. The highest BCUT2D eigenvalue weighted by Gasteiger charge is 1.91. The molecule has 0 amide bonds. The highest BCUT2D eigenvalue weighted by molar-refractivity contribution is 6.27. The fourth-order valence-corrected chi connectivity index (χ4v) is 0.413. The molecule has 0 aromatic heterocycles. The summed E-state index contributed by atoms with van der Waals surface area (Å²) >= 11 is 5.20. The van der Waals surface area contributed by atoms with Crippen LogP contribution in [0.1, 0.15) is 13.3 Å². The fourth-order valence-electron chi connectivity index (χ4n) is 0.304. The minimum atomic E-state index is 0.0739. The van der Waals surface area contributed by atoms with Gasteiger partial charge in [-0.05, 0) is 6.92 Å². The molecule has 0 aromatic rings. The Morgan fingerprint density at radius 2 is 2.38 bits per heavy atom. The molecule has 0 rings (SSSR count). The minimum absolute atomic E-state index is 0.0739. The largest absolute Gasteiger partial charge is 0.298 e. The van der Waals surface area contributed by atoms with E-state index < -0.39 is 0 Å². The summed E-state index contributed by atoms with van der Waals surface area (Å²) in [6, 6.07) is 0. The summed E-state index contributed by atoms with van der Waals surface area (Å²) in [5.74, 6) is 0.203. The first-order chi connectivity index (χ1) is 3.81. The Labute approximate surface area is 54.3 Å². The van der Waals surface area contributed by atoms with Crippen molar-refractivity contribution in [3.63, 3.8) is 0 Å². The van der Waals surface area contributed by atoms with Gasteiger partial charge in [-0.15, -0.1) is 11.6 Å². The third-order valence-electron chi connectivity index (χ3n) is 0.730. The minimum Gasteiger partial charge on any atom is -0.298 e. The van der Waals surface area contributed by atoms with Crippen LogP contribution >= 0.6 is 11.6 Å². The highest BCUT2D eigenvalue weighted by atomic mass is 35.5. The van der Waals surface area contributed by atoms with Crippen molar-refractivity contribution in [3.8, 4) is 0 Å². The molecule has 0 bridgehead atoms. The Balaban J connectivity index is 3.25. The monoisotopic (exact) mass is 132 g/mol. The molecule has 0 aliphatic rings. The molecular formula is C6H9ClO. The number of ketones is 1. The summed E-state index contributed by atoms with van der Waals surface area (Å²) in [4.78, 5) is 10.4. The average Bonchev–Trinajstić information content (AvgIpc) is 1.83. The van der Waals surface area contributed by atoms with Gasteiger partial charge in [0.1, 0.15) is 0 Å². The maximum absolute atomic E-state index is 10.4. The molecular weight excluding hydrogens is 124 g/mol. The molecule has 0 atom stereocenters. The lowest BCUT2D eigenvalue weighted by atomic mass is 10.3. The van der Waals surface area contributed by atoms with Crippen molar-refractivity contribution >= 4 is 17.4 Å². The molecule has 0 aliphatic heterocycles. The van der Waals surface area contributed by atoms with E-state index in [0.717, 1.165) is 0 Å². The number of rotatable bonds is 3. The Hall–Kier alpha value is -0.300. The molecule has 0 aliphatic carbocycles. The summed E-state index contributed by atoms with van der Waals surface area (Å²) in [5.41, 5.74) is 0. The molecule has 2 heteroatoms. The fraction of sp³-hybridized carbons (Fsp3) is 0.500. The van der Waals surface area contributed by atoms with Crippen LogP contribution in [0.15, 0.2) is 12.2 Å². The van der Waals surface area contributed by atoms with Crippen LogP contribution in [0.2, 0.25) is 0 Å². The van der Waals surface area contributed by atoms with Crippen LogP contribution in [0, 0.1) is 0 Å². The lowest BCUT2D eigenvalue weighted by Crippen LogP contribution is -1.94. The van der Waals surface area contributed by atoms with Crippen molar-refractivity contribution in [1.29, 1.82) is 0 Å². The average molecular weight is 133 g/mol. The van der Waals surface area contributed by atoms with Crippen LogP contribution in [0.5, 0.6) is 0 Å². The number of carbonyl (C=O) groups excluding carboxylic acids is 1. The molecule has 1 nitrogen and oxygen atoms in total. The second-order valence-electron chi connectivity index (χ2n) is 1.45. The zero-order valence-corrected chi connectivity index (χ0v) is 5.61. The second kappa shape index (κ2) is 4.85. The van der Waals surface area contributed by atoms with E-state index in [9.17, 15) is 4.79 Å². The van der Waals surface area contributed by atoms with E-state index in [2.05, 4.69) is 0 Å². The lowest BCUT2D eigenvalue weighted by Gasteiger charge is -1.83. The van der Waals surface area contributed by atoms with Crippen LogP contribution in [-0.2, 0) is 4.79 Å². The van der Waals surface area contributed by atoms with Crippen molar-refractivity contribution in [3.05, 3.63) is 12.2 Å². The van der Waals surface area contributed by atoms with Crippen LogP contribution in [-0.4, -0.2) is 11.7 Å². The summed E-state index contributed by atoms with van der Waals surface area (Å²) in [6.07, 6.45) is 4.11. The van der Waals surface area contributed by atoms with Gasteiger partial charge in [-0.3, -0.25) is 4.79 Å². The quantitative estimate of drug-likeness (QED) is 0.423. The first kappa shape index (κ1) is 7.70. The van der Waals surface area contributed by atoms with Crippen molar-refractivity contribution in [1.82, 2.24) is 0 Å². The van der Waals surface area contributed by atoms with Gasteiger partial charge in [-0.1, -0.05) is 12.2 Å². The number of Topliss-reactive ketones (excluding diaryl/α,β-unsaturated/α-hetero) is 1. The topological polar surface area (TPSA) is 17.1 Å². The maximum atomic E-state index is 10.4. The molecule has 0 saturated carbocycles. The lowest BCUT2D eigenvalue weighted by molar-refractivity contribution is -0.115. The summed E-state index contributed by atoms with van der Waals surface area (Å²) < 4.78 is 0. The Morgan fingerprint density at radius 3 is 2.75 bits per heavy atom. The van der Waals surface area contributed by atoms with Gasteiger partial charge in [-0.2, -0.15) is 0 Å². The number of allylic oxidation sites excluding steroid dienone is 2. The molecule has 46 valence electrons. The first-order valence-corrected chi connectivity index (χ1v) is 3.03. The number of alkyl halides is 1. The van der Waals surface area contributed by atoms with Crippen LogP contribution in [0.3, 0.4) is 0 Å². The van der Waals surface area contributed by atoms with E-state index in [-0.39, 0.29) is 11.7 Å². The summed E-state index contributed by atoms with van der Waals surface area (Å²) in [7, 11) is 0. The van der Waals surface area contributed by atoms with Gasteiger partial charge < -0.3 is 0 Å². The molecule has 0 radical (unpaired) electrons. The highest BCUT2D eigenvalue weighted by Crippen LogP contribution is 1.87. The van der Waals surface area contributed by atoms with Gasteiger partial charge in [-0.25, -0.2) is 0 Å². The SMILES string of the molecule is CC=CCC(=O)CCl. The summed E-state index contributed by atoms with van der Waals surface area (Å²) in [6.45, 7) is 1.88. The van der Waals surface area contributed by atoms with Gasteiger partial charge in [0, 0.05) is 6.42 Å². The van der Waals surface area contributed by atoms with Gasteiger partial charge in [0.05, 0.1) is 5.88 Å². The van der Waals surface area contributed by atoms with E-state index in [4.69, 9.17) is 11.6 Å². The van der Waals surface area contributed by atoms with Gasteiger partial charge >= 0.3 is 0 Å². The third-order valence-corrected chi connectivity index (χ3v) is 1.03. The maximum Gasteiger partial charge on any atom is 0.151 e. The zero-order chi connectivity index (χ0) is 6.41. The number of carbonyl (C=O) groups is 1. The van der Waals surface area contributed by atoms with E-state index in [0.29, 0.717) is 6.42 Å². The molecule has 0 unspecified atom stereocenters. The van der Waals surface area contributed by atoms with E-state index >= 15 is 0 Å². The molecule has 0 saturated heterocycles. The van der Waals surface area contributed by atoms with Crippen LogP contribution in [0.25, 0.3) is 0 Å². The van der Waals surface area contributed by atoms with Crippen LogP contribution in [0.4, 0.5) is 0 Å². The number of hydrogen-bond donors (Lipinski definition) is 0. The van der Waals surface area contributed by atoms with Crippen LogP contribution < -0.4 is 0 Å². The van der Waals surface area contributed by atoms with Crippen molar-refractivity contribution in [2.24, 2.45) is 0 Å². The Kier molecular flexibility index (Phi) is 4.67. The molecule has 0 aromatic carbocycles. The normalized spacial score (nSPS) is 10.2. The molecule has 8 heavy (non-hydrogen) atoms. The molecule has 0 fully saturated rings. The molecule has 0 spiro atoms. The Morgan fingerprint density at radius 1 is 1.75 bits per heavy atom. The van der Waals surface area contributed by atoms with E-state index in [1.54, 1.807) is 6.08 Å². The van der Waals surface area contributed by atoms with Crippen molar-refractivity contribution in [2.45, 2.75) is 13.3 Å². The predicted octanol–water partition coefficient (Wildman–Crippen LogP) is 1.76. The van der Waals surface area contributed by atoms with Gasteiger partial charge in [0.15, 0.2) is 5.78 Å². The summed E-state index contributed by atoms with van der Waals surface area (Å²) in [5, 5.41) is 0. The number of hydrogen-bond acceptors (Lipinski definition) is 1. The number of halogens is 1. The van der Waals surface area contributed by atoms with Gasteiger partial charge in [0.25, 0.3) is 0 Å². The standard InChI is InChI=1S/C6H9ClO/c1-2-3-4-6(8)5-7/h2-3H,4-5H2,1H3. The first-order valence-electron chi connectivity index (χ1n) is 2.50.